The summed E-state index contributed by atoms with van der Waals surface area (Å²) in [6, 6.07) is 15.7. The largest absolute Gasteiger partial charge is 0.343 e. The van der Waals surface area contributed by atoms with Gasteiger partial charge in [0.05, 0.1) is 0 Å². The Morgan fingerprint density at radius 3 is 2.31 bits per heavy atom. The third kappa shape index (κ3) is 4.91. The maximum atomic E-state index is 12.9. The Balaban J connectivity index is 1.43. The van der Waals surface area contributed by atoms with Gasteiger partial charge < -0.3 is 10.2 Å². The monoisotopic (exact) mass is 354 g/mol. The number of amides is 2. The van der Waals surface area contributed by atoms with Gasteiger partial charge in [-0.25, -0.2) is 4.39 Å². The van der Waals surface area contributed by atoms with Crippen LogP contribution in [0.25, 0.3) is 0 Å². The van der Waals surface area contributed by atoms with E-state index in [0.29, 0.717) is 38.0 Å². The second-order valence-corrected chi connectivity index (χ2v) is 6.64. The molecule has 4 nitrogen and oxygen atoms in total. The highest BCUT2D eigenvalue weighted by Crippen LogP contribution is 2.20. The van der Waals surface area contributed by atoms with Crippen molar-refractivity contribution >= 4 is 17.5 Å². The third-order valence-corrected chi connectivity index (χ3v) is 4.80. The van der Waals surface area contributed by atoms with E-state index in [1.54, 1.807) is 12.1 Å². The van der Waals surface area contributed by atoms with Crippen LogP contribution in [0.3, 0.4) is 0 Å². The van der Waals surface area contributed by atoms with E-state index in [4.69, 9.17) is 0 Å². The maximum absolute atomic E-state index is 12.9. The Kier molecular flexibility index (Phi) is 6.00. The van der Waals surface area contributed by atoms with Crippen molar-refractivity contribution < 1.29 is 14.0 Å². The summed E-state index contributed by atoms with van der Waals surface area (Å²) in [5.41, 5.74) is 1.76. The van der Waals surface area contributed by atoms with Crippen molar-refractivity contribution in [1.82, 2.24) is 4.90 Å². The molecule has 0 bridgehead atoms. The van der Waals surface area contributed by atoms with Gasteiger partial charge in [-0.1, -0.05) is 30.3 Å². The zero-order valence-corrected chi connectivity index (χ0v) is 14.7. The fourth-order valence-electron chi connectivity index (χ4n) is 3.22. The molecule has 1 N–H and O–H groups in total. The number of piperidine rings is 1. The topological polar surface area (TPSA) is 49.4 Å². The van der Waals surface area contributed by atoms with Crippen LogP contribution in [0.2, 0.25) is 0 Å². The van der Waals surface area contributed by atoms with E-state index >= 15 is 0 Å². The molecule has 2 amide bonds. The lowest BCUT2D eigenvalue weighted by Gasteiger charge is -2.31. The number of carbonyl (C=O) groups excluding carboxylic acids is 2. The first-order valence-electron chi connectivity index (χ1n) is 9.00. The fourth-order valence-corrected chi connectivity index (χ4v) is 3.22. The number of carbonyl (C=O) groups is 2. The first-order valence-corrected chi connectivity index (χ1v) is 9.00. The summed E-state index contributed by atoms with van der Waals surface area (Å²) in [7, 11) is 0. The minimum Gasteiger partial charge on any atom is -0.343 e. The fraction of sp³-hybridized carbons (Fsp3) is 0.333. The van der Waals surface area contributed by atoms with Crippen LogP contribution in [0.5, 0.6) is 0 Å². The summed E-state index contributed by atoms with van der Waals surface area (Å²) in [5, 5.41) is 2.82. The first-order chi connectivity index (χ1) is 12.6. The first kappa shape index (κ1) is 18.1. The van der Waals surface area contributed by atoms with E-state index in [1.165, 1.54) is 12.1 Å². The quantitative estimate of drug-likeness (QED) is 0.891. The van der Waals surface area contributed by atoms with Crippen LogP contribution in [0.4, 0.5) is 10.1 Å². The highest BCUT2D eigenvalue weighted by atomic mass is 19.1. The van der Waals surface area contributed by atoms with Crippen LogP contribution in [0.15, 0.2) is 54.6 Å². The van der Waals surface area contributed by atoms with Crippen LogP contribution in [-0.2, 0) is 16.0 Å². The molecule has 3 rings (SSSR count). The lowest BCUT2D eigenvalue weighted by Crippen LogP contribution is -2.41. The second kappa shape index (κ2) is 8.61. The molecule has 2 aromatic rings. The molecule has 0 radical (unpaired) electrons. The predicted molar refractivity (Wildman–Crippen MR) is 99.1 cm³/mol. The number of nitrogens with one attached hydrogen (secondary N) is 1. The number of halogens is 1. The minimum atomic E-state index is -0.328. The summed E-state index contributed by atoms with van der Waals surface area (Å²) in [6.07, 6.45) is 2.55. The van der Waals surface area contributed by atoms with Crippen LogP contribution >= 0.6 is 0 Å². The minimum absolute atomic E-state index is 0.0620. The standard InChI is InChI=1S/C21H23FN2O2/c22-18-7-9-19(10-8-18)23-21(26)17-12-14-24(15-13-17)20(25)11-6-16-4-2-1-3-5-16/h1-5,7-10,17H,6,11-15H2,(H,23,26). The van der Waals surface area contributed by atoms with E-state index in [1.807, 2.05) is 35.2 Å². The van der Waals surface area contributed by atoms with Crippen molar-refractivity contribution in [2.24, 2.45) is 5.92 Å². The Morgan fingerprint density at radius 1 is 1.00 bits per heavy atom. The van der Waals surface area contributed by atoms with Crippen molar-refractivity contribution in [1.29, 1.82) is 0 Å². The van der Waals surface area contributed by atoms with Crippen molar-refractivity contribution in [2.75, 3.05) is 18.4 Å². The van der Waals surface area contributed by atoms with E-state index < -0.39 is 0 Å². The van der Waals surface area contributed by atoms with E-state index in [9.17, 15) is 14.0 Å². The summed E-state index contributed by atoms with van der Waals surface area (Å²) >= 11 is 0. The third-order valence-electron chi connectivity index (χ3n) is 4.80. The van der Waals surface area contributed by atoms with Gasteiger partial charge in [-0.15, -0.1) is 0 Å². The molecule has 2 aromatic carbocycles. The predicted octanol–water partition coefficient (Wildman–Crippen LogP) is 3.64. The Hall–Kier alpha value is -2.69. The van der Waals surface area contributed by atoms with E-state index in [0.717, 1.165) is 12.0 Å². The van der Waals surface area contributed by atoms with Crippen LogP contribution in [0, 0.1) is 11.7 Å². The molecule has 1 fully saturated rings. The molecule has 0 spiro atoms. The van der Waals surface area contributed by atoms with Gasteiger partial charge >= 0.3 is 0 Å². The number of hydrogen-bond donors (Lipinski definition) is 1. The highest BCUT2D eigenvalue weighted by molar-refractivity contribution is 5.92. The molecule has 5 heteroatoms. The zero-order chi connectivity index (χ0) is 18.4. The van der Waals surface area contributed by atoms with Crippen LogP contribution in [-0.4, -0.2) is 29.8 Å². The smallest absolute Gasteiger partial charge is 0.227 e. The molecule has 0 unspecified atom stereocenters. The molecule has 1 heterocycles. The van der Waals surface area contributed by atoms with Crippen molar-refractivity contribution in [3.05, 3.63) is 66.0 Å². The number of hydrogen-bond acceptors (Lipinski definition) is 2. The van der Waals surface area contributed by atoms with Crippen molar-refractivity contribution in [3.8, 4) is 0 Å². The molecular formula is C21H23FN2O2. The summed E-state index contributed by atoms with van der Waals surface area (Å²) in [6.45, 7) is 1.21. The number of benzene rings is 2. The van der Waals surface area contributed by atoms with Gasteiger partial charge in [0.15, 0.2) is 0 Å². The van der Waals surface area contributed by atoms with Gasteiger partial charge in [0, 0.05) is 31.1 Å². The number of aryl methyl sites for hydroxylation is 1. The van der Waals surface area contributed by atoms with Gasteiger partial charge in [-0.3, -0.25) is 9.59 Å². The number of likely N-dealkylation sites (tertiary alicyclic amines) is 1. The van der Waals surface area contributed by atoms with Gasteiger partial charge in [0.2, 0.25) is 11.8 Å². The Labute approximate surface area is 153 Å². The van der Waals surface area contributed by atoms with Crippen molar-refractivity contribution in [2.45, 2.75) is 25.7 Å². The normalized spacial score (nSPS) is 14.9. The molecule has 0 saturated carbocycles. The number of anilines is 1. The lowest BCUT2D eigenvalue weighted by atomic mass is 9.95. The Morgan fingerprint density at radius 2 is 1.65 bits per heavy atom. The van der Waals surface area contributed by atoms with Crippen LogP contribution in [0.1, 0.15) is 24.8 Å². The van der Waals surface area contributed by atoms with Gasteiger partial charge in [-0.05, 0) is 49.1 Å². The summed E-state index contributed by atoms with van der Waals surface area (Å²) in [5.74, 6) is -0.359. The maximum Gasteiger partial charge on any atom is 0.227 e. The molecule has 136 valence electrons. The highest BCUT2D eigenvalue weighted by Gasteiger charge is 2.27. The molecule has 1 aliphatic heterocycles. The average Bonchev–Trinajstić information content (AvgIpc) is 2.69. The van der Waals surface area contributed by atoms with Crippen LogP contribution < -0.4 is 5.32 Å². The molecular weight excluding hydrogens is 331 g/mol. The van der Waals surface area contributed by atoms with Gasteiger partial charge in [-0.2, -0.15) is 0 Å². The molecule has 0 atom stereocenters. The van der Waals surface area contributed by atoms with Gasteiger partial charge in [0.25, 0.3) is 0 Å². The van der Waals surface area contributed by atoms with Gasteiger partial charge in [0.1, 0.15) is 5.82 Å². The van der Waals surface area contributed by atoms with E-state index in [2.05, 4.69) is 5.32 Å². The van der Waals surface area contributed by atoms with E-state index in [-0.39, 0.29) is 23.5 Å². The number of nitrogens with zero attached hydrogens (tertiary/aromatic N) is 1. The molecule has 0 aromatic heterocycles. The lowest BCUT2D eigenvalue weighted by molar-refractivity contribution is -0.134. The molecule has 0 aliphatic carbocycles. The average molecular weight is 354 g/mol. The summed E-state index contributed by atoms with van der Waals surface area (Å²) in [4.78, 5) is 26.5. The molecule has 1 aliphatic rings. The second-order valence-electron chi connectivity index (χ2n) is 6.64. The summed E-state index contributed by atoms with van der Waals surface area (Å²) < 4.78 is 12.9. The number of rotatable bonds is 5. The zero-order valence-electron chi connectivity index (χ0n) is 14.7. The van der Waals surface area contributed by atoms with Crippen molar-refractivity contribution in [3.63, 3.8) is 0 Å². The Bertz CT molecular complexity index is 738. The SMILES string of the molecule is O=C(Nc1ccc(F)cc1)C1CCN(C(=O)CCc2ccccc2)CC1. The molecule has 1 saturated heterocycles. The molecule has 26 heavy (non-hydrogen) atoms.